The number of sulfone groups is 1. The number of nitrogens with one attached hydrogen (secondary N) is 1. The molecule has 0 aromatic carbocycles. The minimum Gasteiger partial charge on any atom is -0.451 e. The third-order valence-electron chi connectivity index (χ3n) is 4.29. The molecule has 150 valence electrons. The molecule has 1 N–H and O–H groups in total. The predicted octanol–water partition coefficient (Wildman–Crippen LogP) is 0.754. The Morgan fingerprint density at radius 2 is 2.07 bits per heavy atom. The Labute approximate surface area is 162 Å². The van der Waals surface area contributed by atoms with Crippen LogP contribution in [0.15, 0.2) is 12.1 Å². The first-order chi connectivity index (χ1) is 12.6. The van der Waals surface area contributed by atoms with E-state index in [9.17, 15) is 22.8 Å². The lowest BCUT2D eigenvalue weighted by atomic mass is 10.2. The van der Waals surface area contributed by atoms with Crippen LogP contribution in [0.2, 0.25) is 0 Å². The molecule has 1 fully saturated rings. The highest BCUT2D eigenvalue weighted by atomic mass is 32.2. The second kappa shape index (κ2) is 8.83. The molecule has 1 aromatic heterocycles. The summed E-state index contributed by atoms with van der Waals surface area (Å²) in [4.78, 5) is 39.3. The van der Waals surface area contributed by atoms with Crippen LogP contribution in [-0.2, 0) is 24.2 Å². The molecule has 0 bridgehead atoms. The first kappa shape index (κ1) is 21.4. The average molecular weight is 417 g/mol. The Hall–Kier alpha value is -1.94. The molecule has 1 aliphatic rings. The molecule has 8 nitrogen and oxygen atoms in total. The number of likely N-dealkylation sites (N-methyl/N-ethyl adjacent to an activating group) is 1. The summed E-state index contributed by atoms with van der Waals surface area (Å²) in [5, 5.41) is 2.46. The van der Waals surface area contributed by atoms with E-state index in [4.69, 9.17) is 4.74 Å². The fourth-order valence-electron chi connectivity index (χ4n) is 2.93. The van der Waals surface area contributed by atoms with Gasteiger partial charge in [-0.2, -0.15) is 0 Å². The molecule has 0 saturated carbocycles. The fraction of sp³-hybridized carbons (Fsp3) is 0.588. The highest BCUT2D eigenvalue weighted by Gasteiger charge is 2.36. The van der Waals surface area contributed by atoms with Gasteiger partial charge >= 0.3 is 5.97 Å². The second-order valence-corrected chi connectivity index (χ2v) is 9.92. The molecule has 0 spiro atoms. The number of carbonyl (C=O) groups is 3. The van der Waals surface area contributed by atoms with Gasteiger partial charge in [0.2, 0.25) is 0 Å². The number of esters is 1. The van der Waals surface area contributed by atoms with Crippen LogP contribution in [0.3, 0.4) is 0 Å². The molecule has 1 aliphatic heterocycles. The van der Waals surface area contributed by atoms with Gasteiger partial charge in [0.15, 0.2) is 15.9 Å². The number of hydrogen-bond donors (Lipinski definition) is 1. The molecular weight excluding hydrogens is 392 g/mol. The number of nitrogens with zero attached hydrogens (tertiary/aromatic N) is 1. The number of ether oxygens (including phenoxy) is 1. The molecule has 0 aliphatic carbocycles. The summed E-state index contributed by atoms with van der Waals surface area (Å²) in [5.41, 5.74) is 0. The number of rotatable bonds is 7. The van der Waals surface area contributed by atoms with E-state index in [1.807, 2.05) is 6.92 Å². The van der Waals surface area contributed by atoms with Crippen molar-refractivity contribution in [3.63, 3.8) is 0 Å². The molecule has 2 unspecified atom stereocenters. The van der Waals surface area contributed by atoms with Crippen LogP contribution in [0, 0.1) is 6.92 Å². The molecule has 2 atom stereocenters. The van der Waals surface area contributed by atoms with Gasteiger partial charge < -0.3 is 15.0 Å². The Morgan fingerprint density at radius 1 is 1.37 bits per heavy atom. The minimum atomic E-state index is -3.12. The summed E-state index contributed by atoms with van der Waals surface area (Å²) in [6.07, 6.45) is -0.666. The zero-order chi connectivity index (χ0) is 20.2. The van der Waals surface area contributed by atoms with Gasteiger partial charge in [0.05, 0.1) is 16.4 Å². The van der Waals surface area contributed by atoms with Gasteiger partial charge in [0.25, 0.3) is 11.8 Å². The summed E-state index contributed by atoms with van der Waals surface area (Å²) >= 11 is 1.31. The van der Waals surface area contributed by atoms with Gasteiger partial charge in [-0.1, -0.05) is 0 Å². The number of carbonyl (C=O) groups excluding carboxylic acids is 3. The van der Waals surface area contributed by atoms with Crippen molar-refractivity contribution in [2.45, 2.75) is 39.3 Å². The van der Waals surface area contributed by atoms with E-state index in [1.165, 1.54) is 23.2 Å². The van der Waals surface area contributed by atoms with Crippen LogP contribution in [0.5, 0.6) is 0 Å². The monoisotopic (exact) mass is 416 g/mol. The molecule has 27 heavy (non-hydrogen) atoms. The Kier molecular flexibility index (Phi) is 6.99. The van der Waals surface area contributed by atoms with Gasteiger partial charge in [-0.3, -0.25) is 14.4 Å². The van der Waals surface area contributed by atoms with Crippen molar-refractivity contribution in [1.82, 2.24) is 10.2 Å². The molecule has 10 heteroatoms. The Morgan fingerprint density at radius 3 is 2.59 bits per heavy atom. The van der Waals surface area contributed by atoms with E-state index in [0.717, 1.165) is 4.88 Å². The van der Waals surface area contributed by atoms with Gasteiger partial charge in [-0.25, -0.2) is 8.42 Å². The highest BCUT2D eigenvalue weighted by Crippen LogP contribution is 2.19. The maximum atomic E-state index is 12.5. The van der Waals surface area contributed by atoms with Crippen molar-refractivity contribution >= 4 is 39.0 Å². The maximum absolute atomic E-state index is 12.5. The molecule has 2 rings (SSSR count). The molecule has 0 radical (unpaired) electrons. The quantitative estimate of drug-likeness (QED) is 0.657. The minimum absolute atomic E-state index is 0.0594. The molecule has 2 amide bonds. The van der Waals surface area contributed by atoms with Crippen molar-refractivity contribution in [3.05, 3.63) is 21.9 Å². The zero-order valence-corrected chi connectivity index (χ0v) is 17.2. The molecular formula is C17H24N2O6S2. The van der Waals surface area contributed by atoms with E-state index in [-0.39, 0.29) is 24.0 Å². The standard InChI is InChI=1S/C17H24N2O6S2/c1-4-19(13-7-8-27(23,24)10-13)17(22)12(3)25-15(20)9-18-16(21)14-6-5-11(2)26-14/h5-6,12-13H,4,7-10H2,1-3H3,(H,18,21). The number of hydrogen-bond acceptors (Lipinski definition) is 7. The van der Waals surface area contributed by atoms with E-state index < -0.39 is 33.9 Å². The third kappa shape index (κ3) is 5.77. The summed E-state index contributed by atoms with van der Waals surface area (Å²) < 4.78 is 28.4. The first-order valence-electron chi connectivity index (χ1n) is 8.68. The topological polar surface area (TPSA) is 110 Å². The van der Waals surface area contributed by atoms with E-state index in [1.54, 1.807) is 19.1 Å². The smallest absolute Gasteiger partial charge is 0.326 e. The van der Waals surface area contributed by atoms with Crippen LogP contribution in [0.1, 0.15) is 34.8 Å². The Bertz CT molecular complexity index is 817. The summed E-state index contributed by atoms with van der Waals surface area (Å²) in [6, 6.07) is 3.08. The van der Waals surface area contributed by atoms with E-state index >= 15 is 0 Å². The predicted molar refractivity (Wildman–Crippen MR) is 101 cm³/mol. The molecule has 1 aromatic rings. The van der Waals surface area contributed by atoms with Crippen LogP contribution in [0.25, 0.3) is 0 Å². The highest BCUT2D eigenvalue weighted by molar-refractivity contribution is 7.91. The van der Waals surface area contributed by atoms with E-state index in [2.05, 4.69) is 5.32 Å². The largest absolute Gasteiger partial charge is 0.451 e. The number of thiophene rings is 1. The Balaban J connectivity index is 1.85. The molecule has 1 saturated heterocycles. The fourth-order valence-corrected chi connectivity index (χ4v) is 5.45. The molecule has 2 heterocycles. The second-order valence-electron chi connectivity index (χ2n) is 6.41. The van der Waals surface area contributed by atoms with Gasteiger partial charge in [0.1, 0.15) is 6.54 Å². The first-order valence-corrected chi connectivity index (χ1v) is 11.3. The summed E-state index contributed by atoms with van der Waals surface area (Å²) in [6.45, 7) is 5.04. The summed E-state index contributed by atoms with van der Waals surface area (Å²) in [5.74, 6) is -1.55. The van der Waals surface area contributed by atoms with Gasteiger partial charge in [0, 0.05) is 17.5 Å². The lowest BCUT2D eigenvalue weighted by Gasteiger charge is -2.29. The average Bonchev–Trinajstić information content (AvgIpc) is 3.18. The van der Waals surface area contributed by atoms with Crippen molar-refractivity contribution in [2.75, 3.05) is 24.6 Å². The zero-order valence-electron chi connectivity index (χ0n) is 15.6. The van der Waals surface area contributed by atoms with Crippen molar-refractivity contribution in [2.24, 2.45) is 0 Å². The number of aryl methyl sites for hydroxylation is 1. The van der Waals surface area contributed by atoms with Gasteiger partial charge in [-0.15, -0.1) is 11.3 Å². The van der Waals surface area contributed by atoms with E-state index in [0.29, 0.717) is 17.8 Å². The van der Waals surface area contributed by atoms with Gasteiger partial charge in [-0.05, 0) is 39.3 Å². The van der Waals surface area contributed by atoms with Crippen molar-refractivity contribution in [3.8, 4) is 0 Å². The lowest BCUT2D eigenvalue weighted by Crippen LogP contribution is -2.47. The van der Waals surface area contributed by atoms with Crippen LogP contribution in [-0.4, -0.2) is 67.8 Å². The number of amides is 2. The van der Waals surface area contributed by atoms with Crippen molar-refractivity contribution in [1.29, 1.82) is 0 Å². The van der Waals surface area contributed by atoms with Crippen LogP contribution < -0.4 is 5.32 Å². The third-order valence-corrected chi connectivity index (χ3v) is 7.04. The van der Waals surface area contributed by atoms with Crippen molar-refractivity contribution < 1.29 is 27.5 Å². The maximum Gasteiger partial charge on any atom is 0.326 e. The SMILES string of the molecule is CCN(C(=O)C(C)OC(=O)CNC(=O)c1ccc(C)s1)C1CCS(=O)(=O)C1. The van der Waals surface area contributed by atoms with Crippen LogP contribution >= 0.6 is 11.3 Å². The summed E-state index contributed by atoms with van der Waals surface area (Å²) in [7, 11) is -3.12. The van der Waals surface area contributed by atoms with Crippen LogP contribution in [0.4, 0.5) is 0 Å². The normalized spacial score (nSPS) is 19.3. The lowest BCUT2D eigenvalue weighted by molar-refractivity contribution is -0.159.